The van der Waals surface area contributed by atoms with Gasteiger partial charge in [-0.15, -0.1) is 0 Å². The van der Waals surface area contributed by atoms with E-state index in [1.54, 1.807) is 36.2 Å². The summed E-state index contributed by atoms with van der Waals surface area (Å²) in [6, 6.07) is 22.6. The van der Waals surface area contributed by atoms with Gasteiger partial charge in [-0.1, -0.05) is 42.1 Å². The highest BCUT2D eigenvalue weighted by Crippen LogP contribution is 2.29. The third-order valence-corrected chi connectivity index (χ3v) is 5.25. The highest BCUT2D eigenvalue weighted by Gasteiger charge is 2.08. The van der Waals surface area contributed by atoms with Crippen LogP contribution in [0.4, 0.5) is 4.79 Å². The molecule has 0 radical (unpaired) electrons. The molecule has 0 saturated heterocycles. The molecule has 0 fully saturated rings. The van der Waals surface area contributed by atoms with Crippen molar-refractivity contribution < 1.29 is 9.53 Å². The molecule has 2 N–H and O–H groups in total. The molecule has 0 atom stereocenters. The molecule has 29 heavy (non-hydrogen) atoms. The maximum atomic E-state index is 12.9. The molecule has 0 unspecified atom stereocenters. The summed E-state index contributed by atoms with van der Waals surface area (Å²) in [5, 5.41) is 5.69. The minimum Gasteiger partial charge on any atom is -0.410 e. The molecule has 1 heterocycles. The fraction of sp³-hybridized carbons (Fsp3) is 0.0455. The van der Waals surface area contributed by atoms with E-state index in [0.29, 0.717) is 11.1 Å². The van der Waals surface area contributed by atoms with Crippen molar-refractivity contribution in [2.75, 3.05) is 0 Å². The van der Waals surface area contributed by atoms with Gasteiger partial charge in [0.1, 0.15) is 5.75 Å². The average Bonchev–Trinajstić information content (AvgIpc) is 2.71. The zero-order chi connectivity index (χ0) is 20.2. The first-order valence-corrected chi connectivity index (χ1v) is 9.69. The van der Waals surface area contributed by atoms with E-state index in [1.165, 1.54) is 4.68 Å². The topological polar surface area (TPSA) is 87.2 Å². The number of benzene rings is 3. The van der Waals surface area contributed by atoms with Gasteiger partial charge in [-0.3, -0.25) is 4.79 Å². The van der Waals surface area contributed by atoms with Crippen molar-refractivity contribution in [1.29, 1.82) is 0 Å². The molecule has 0 spiro atoms. The first-order valence-electron chi connectivity index (χ1n) is 8.87. The number of ether oxygens (including phenoxy) is 1. The van der Waals surface area contributed by atoms with Crippen LogP contribution in [0.2, 0.25) is 0 Å². The number of carbonyl (C=O) groups excluding carboxylic acids is 1. The van der Waals surface area contributed by atoms with Crippen LogP contribution in [0.25, 0.3) is 10.8 Å². The molecule has 7 heteroatoms. The van der Waals surface area contributed by atoms with Crippen molar-refractivity contribution in [2.24, 2.45) is 5.73 Å². The molecule has 4 rings (SSSR count). The van der Waals surface area contributed by atoms with Crippen molar-refractivity contribution in [3.63, 3.8) is 0 Å². The lowest BCUT2D eigenvalue weighted by Gasteiger charge is -2.09. The van der Waals surface area contributed by atoms with Crippen LogP contribution in [0, 0.1) is 0 Å². The Labute approximate surface area is 170 Å². The Hall–Kier alpha value is -3.58. The number of rotatable bonds is 5. The number of hydrogen-bond acceptors (Lipinski definition) is 5. The Balaban J connectivity index is 1.60. The third-order valence-electron chi connectivity index (χ3n) is 4.25. The van der Waals surface area contributed by atoms with Crippen LogP contribution < -0.4 is 16.0 Å². The van der Waals surface area contributed by atoms with Crippen molar-refractivity contribution in [1.82, 2.24) is 9.78 Å². The summed E-state index contributed by atoms with van der Waals surface area (Å²) in [5.74, 6) is 0.325. The molecular formula is C22H17N3O3S. The quantitative estimate of drug-likeness (QED) is 0.543. The fourth-order valence-corrected chi connectivity index (χ4v) is 3.85. The van der Waals surface area contributed by atoms with Gasteiger partial charge in [-0.2, -0.15) is 5.10 Å². The molecule has 0 aliphatic rings. The van der Waals surface area contributed by atoms with Crippen molar-refractivity contribution in [3.05, 3.63) is 94.9 Å². The number of carbonyl (C=O) groups is 1. The minimum absolute atomic E-state index is 0.181. The number of amides is 1. The zero-order valence-electron chi connectivity index (χ0n) is 15.3. The number of nitrogens with two attached hydrogens (primary N) is 1. The summed E-state index contributed by atoms with van der Waals surface area (Å²) in [7, 11) is 0. The van der Waals surface area contributed by atoms with Gasteiger partial charge in [-0.05, 0) is 48.0 Å². The molecule has 144 valence electrons. The van der Waals surface area contributed by atoms with E-state index in [0.717, 1.165) is 20.7 Å². The van der Waals surface area contributed by atoms with Crippen molar-refractivity contribution in [2.45, 2.75) is 16.3 Å². The minimum atomic E-state index is -0.882. The molecule has 1 amide bonds. The standard InChI is InChI=1S/C22H17N3O3S/c23-22(27)28-17-6-4-5-15(11-17)14-25-21(26)20-10-9-19(12-16(20)13-24-25)29-18-7-2-1-3-8-18/h1-13H,14H2,(H2,23,27). The second kappa shape index (κ2) is 8.20. The molecule has 3 aromatic carbocycles. The van der Waals surface area contributed by atoms with Gasteiger partial charge in [0.2, 0.25) is 0 Å². The Bertz CT molecular complexity index is 1240. The van der Waals surface area contributed by atoms with E-state index in [2.05, 4.69) is 5.10 Å². The predicted octanol–water partition coefficient (Wildman–Crippen LogP) is 4.05. The van der Waals surface area contributed by atoms with Crippen LogP contribution in [-0.4, -0.2) is 15.9 Å². The van der Waals surface area contributed by atoms with Gasteiger partial charge in [0.25, 0.3) is 5.56 Å². The van der Waals surface area contributed by atoms with Crippen molar-refractivity contribution in [3.8, 4) is 5.75 Å². The average molecular weight is 403 g/mol. The maximum absolute atomic E-state index is 12.9. The zero-order valence-corrected chi connectivity index (χ0v) is 16.1. The summed E-state index contributed by atoms with van der Waals surface area (Å²) in [6.07, 6.45) is 0.808. The number of nitrogens with zero attached hydrogens (tertiary/aromatic N) is 2. The van der Waals surface area contributed by atoms with E-state index in [9.17, 15) is 9.59 Å². The summed E-state index contributed by atoms with van der Waals surface area (Å²) in [5.41, 5.74) is 5.64. The van der Waals surface area contributed by atoms with Crippen LogP contribution in [0.3, 0.4) is 0 Å². The van der Waals surface area contributed by atoms with Crippen LogP contribution in [0.5, 0.6) is 5.75 Å². The molecule has 0 bridgehead atoms. The van der Waals surface area contributed by atoms with E-state index < -0.39 is 6.09 Å². The van der Waals surface area contributed by atoms with E-state index >= 15 is 0 Å². The summed E-state index contributed by atoms with van der Waals surface area (Å²) < 4.78 is 6.27. The van der Waals surface area contributed by atoms with E-state index in [-0.39, 0.29) is 12.1 Å². The first-order chi connectivity index (χ1) is 14.1. The predicted molar refractivity (Wildman–Crippen MR) is 112 cm³/mol. The Morgan fingerprint density at radius 3 is 2.62 bits per heavy atom. The van der Waals surface area contributed by atoms with Gasteiger partial charge >= 0.3 is 6.09 Å². The molecule has 0 saturated carbocycles. The van der Waals surface area contributed by atoms with Gasteiger partial charge in [0.15, 0.2) is 0 Å². The SMILES string of the molecule is NC(=O)Oc1cccc(Cn2ncc3cc(Sc4ccccc4)ccc3c2=O)c1. The summed E-state index contributed by atoms with van der Waals surface area (Å²) in [6.45, 7) is 0.255. The molecular weight excluding hydrogens is 386 g/mol. The van der Waals surface area contributed by atoms with Crippen LogP contribution >= 0.6 is 11.8 Å². The Morgan fingerprint density at radius 2 is 1.83 bits per heavy atom. The number of primary amides is 1. The lowest BCUT2D eigenvalue weighted by Crippen LogP contribution is -2.23. The summed E-state index contributed by atoms with van der Waals surface area (Å²) >= 11 is 1.63. The van der Waals surface area contributed by atoms with Crippen LogP contribution in [0.15, 0.2) is 93.6 Å². The highest BCUT2D eigenvalue weighted by molar-refractivity contribution is 7.99. The van der Waals surface area contributed by atoms with E-state index in [1.807, 2.05) is 54.6 Å². The summed E-state index contributed by atoms with van der Waals surface area (Å²) in [4.78, 5) is 25.9. The second-order valence-electron chi connectivity index (χ2n) is 6.34. The number of aromatic nitrogens is 2. The lowest BCUT2D eigenvalue weighted by atomic mass is 10.2. The van der Waals surface area contributed by atoms with Gasteiger partial charge in [0.05, 0.1) is 18.1 Å². The number of fused-ring (bicyclic) bond motifs is 1. The fourth-order valence-electron chi connectivity index (χ4n) is 2.96. The highest BCUT2D eigenvalue weighted by atomic mass is 32.2. The first kappa shape index (κ1) is 18.8. The normalized spacial score (nSPS) is 10.8. The third kappa shape index (κ3) is 4.47. The Morgan fingerprint density at radius 1 is 1.00 bits per heavy atom. The molecule has 4 aromatic rings. The van der Waals surface area contributed by atoms with Crippen LogP contribution in [0.1, 0.15) is 5.56 Å². The lowest BCUT2D eigenvalue weighted by molar-refractivity contribution is 0.211. The largest absolute Gasteiger partial charge is 0.410 e. The number of hydrogen-bond donors (Lipinski definition) is 1. The molecule has 0 aliphatic carbocycles. The molecule has 6 nitrogen and oxygen atoms in total. The van der Waals surface area contributed by atoms with Gasteiger partial charge in [0, 0.05) is 15.2 Å². The van der Waals surface area contributed by atoms with Gasteiger partial charge in [-0.25, -0.2) is 9.48 Å². The maximum Gasteiger partial charge on any atom is 0.409 e. The van der Waals surface area contributed by atoms with Crippen LogP contribution in [-0.2, 0) is 6.54 Å². The van der Waals surface area contributed by atoms with Crippen molar-refractivity contribution >= 4 is 28.6 Å². The smallest absolute Gasteiger partial charge is 0.409 e. The molecule has 1 aromatic heterocycles. The van der Waals surface area contributed by atoms with Gasteiger partial charge < -0.3 is 10.5 Å². The Kier molecular flexibility index (Phi) is 5.31. The monoisotopic (exact) mass is 403 g/mol. The second-order valence-corrected chi connectivity index (χ2v) is 7.49. The molecule has 0 aliphatic heterocycles. The van der Waals surface area contributed by atoms with E-state index in [4.69, 9.17) is 10.5 Å².